The number of hydrogen-bond acceptors (Lipinski definition) is 9. The summed E-state index contributed by atoms with van der Waals surface area (Å²) in [6.07, 6.45) is 5.30. The first kappa shape index (κ1) is 28.5. The Bertz CT molecular complexity index is 1470. The molecule has 40 heavy (non-hydrogen) atoms. The fourth-order valence-corrected chi connectivity index (χ4v) is 6.62. The summed E-state index contributed by atoms with van der Waals surface area (Å²) in [5.41, 5.74) is 2.35. The number of piperidine rings is 1. The molecule has 0 bridgehead atoms. The van der Waals surface area contributed by atoms with Gasteiger partial charge in [0.15, 0.2) is 0 Å². The van der Waals surface area contributed by atoms with E-state index in [9.17, 15) is 12.8 Å². The lowest BCUT2D eigenvalue weighted by Crippen LogP contribution is -2.55. The Morgan fingerprint density at radius 1 is 1.12 bits per heavy atom. The molecule has 2 fully saturated rings. The van der Waals surface area contributed by atoms with Crippen molar-refractivity contribution in [2.24, 2.45) is 5.92 Å². The standard InChI is InChI=1S/C29H40FN7O2S/c1-18(2)21-6-7-26(37-16-20(19(37)3)10-13-40(5,38)39)23-15-33-28(14-22(21)23)34-27-8-11-32-29(35-27)36-12-9-25(31-4)24(30)17-36/h6-8,11,14-15,18-20,24-25,31H,9-10,12-13,16-17H2,1-5H3,(H,32,33,34,35)/t19-,20+,24-,25+/m1/s1. The molecule has 2 N–H and O–H groups in total. The van der Waals surface area contributed by atoms with Gasteiger partial charge in [-0.3, -0.25) is 0 Å². The van der Waals surface area contributed by atoms with E-state index in [1.807, 2.05) is 11.1 Å². The lowest BCUT2D eigenvalue weighted by atomic mass is 9.85. The van der Waals surface area contributed by atoms with E-state index in [0.29, 0.717) is 48.8 Å². The zero-order chi connectivity index (χ0) is 28.6. The van der Waals surface area contributed by atoms with E-state index in [-0.39, 0.29) is 24.4 Å². The minimum absolute atomic E-state index is 0.142. The number of anilines is 4. The fraction of sp³-hybridized carbons (Fsp3) is 0.552. The van der Waals surface area contributed by atoms with E-state index in [2.05, 4.69) is 64.5 Å². The Balaban J connectivity index is 1.37. The molecular formula is C29H40FN7O2S. The second kappa shape index (κ2) is 11.4. The Kier molecular flexibility index (Phi) is 8.15. The second-order valence-corrected chi connectivity index (χ2v) is 13.8. The first-order chi connectivity index (χ1) is 19.0. The normalized spacial score (nSPS) is 23.5. The van der Waals surface area contributed by atoms with Gasteiger partial charge >= 0.3 is 0 Å². The maximum absolute atomic E-state index is 14.5. The maximum atomic E-state index is 14.5. The minimum Gasteiger partial charge on any atom is -0.368 e. The van der Waals surface area contributed by atoms with Crippen molar-refractivity contribution in [3.8, 4) is 0 Å². The van der Waals surface area contributed by atoms with Gasteiger partial charge in [0.1, 0.15) is 27.6 Å². The first-order valence-corrected chi connectivity index (χ1v) is 16.1. The average Bonchev–Trinajstić information content (AvgIpc) is 2.91. The Morgan fingerprint density at radius 3 is 2.60 bits per heavy atom. The molecule has 3 aromatic rings. The number of sulfone groups is 1. The summed E-state index contributed by atoms with van der Waals surface area (Å²) >= 11 is 0. The van der Waals surface area contributed by atoms with Crippen LogP contribution in [0.5, 0.6) is 0 Å². The summed E-state index contributed by atoms with van der Waals surface area (Å²) in [6.45, 7) is 8.31. The molecule has 2 aliphatic heterocycles. The predicted octanol–water partition coefficient (Wildman–Crippen LogP) is 4.29. The number of benzene rings is 1. The van der Waals surface area contributed by atoms with Crippen LogP contribution in [0.1, 0.15) is 45.1 Å². The number of pyridine rings is 1. The molecule has 216 valence electrons. The van der Waals surface area contributed by atoms with Crippen molar-refractivity contribution in [1.82, 2.24) is 20.3 Å². The fourth-order valence-electron chi connectivity index (χ4n) is 5.89. The highest BCUT2D eigenvalue weighted by Crippen LogP contribution is 2.40. The molecule has 1 aromatic carbocycles. The Labute approximate surface area is 236 Å². The smallest absolute Gasteiger partial charge is 0.227 e. The zero-order valence-corrected chi connectivity index (χ0v) is 24.7. The molecule has 9 nitrogen and oxygen atoms in total. The molecule has 0 radical (unpaired) electrons. The van der Waals surface area contributed by atoms with Crippen LogP contribution in [0.15, 0.2) is 36.7 Å². The van der Waals surface area contributed by atoms with Crippen molar-refractivity contribution in [2.75, 3.05) is 53.8 Å². The van der Waals surface area contributed by atoms with E-state index >= 15 is 0 Å². The molecule has 11 heteroatoms. The van der Waals surface area contributed by atoms with Crippen molar-refractivity contribution >= 4 is 43.9 Å². The molecule has 2 aliphatic rings. The monoisotopic (exact) mass is 569 g/mol. The Hall–Kier alpha value is -3.05. The summed E-state index contributed by atoms with van der Waals surface area (Å²) in [4.78, 5) is 18.0. The summed E-state index contributed by atoms with van der Waals surface area (Å²) in [7, 11) is -1.17. The SMILES string of the molecule is CN[C@H]1CCN(c2nccc(Nc3cc4c(C(C)C)ccc(N5C[C@H](CCS(C)(=O)=O)[C@H]5C)c4cn3)n2)C[C@H]1F. The third-order valence-corrected chi connectivity index (χ3v) is 9.38. The van der Waals surface area contributed by atoms with Crippen LogP contribution in [0.3, 0.4) is 0 Å². The lowest BCUT2D eigenvalue weighted by Gasteiger charge is -2.48. The quantitative estimate of drug-likeness (QED) is 0.391. The second-order valence-electron chi connectivity index (χ2n) is 11.5. The zero-order valence-electron chi connectivity index (χ0n) is 23.9. The number of nitrogens with zero attached hydrogens (tertiary/aromatic N) is 5. The van der Waals surface area contributed by atoms with Crippen molar-refractivity contribution < 1.29 is 12.8 Å². The maximum Gasteiger partial charge on any atom is 0.227 e. The van der Waals surface area contributed by atoms with Gasteiger partial charge in [0.2, 0.25) is 5.95 Å². The van der Waals surface area contributed by atoms with Gasteiger partial charge in [-0.1, -0.05) is 19.9 Å². The first-order valence-electron chi connectivity index (χ1n) is 14.1. The van der Waals surface area contributed by atoms with Crippen LogP contribution in [-0.2, 0) is 9.84 Å². The van der Waals surface area contributed by atoms with Crippen LogP contribution in [0.25, 0.3) is 10.8 Å². The van der Waals surface area contributed by atoms with Crippen LogP contribution in [0, 0.1) is 5.92 Å². The van der Waals surface area contributed by atoms with Gasteiger partial charge in [0.25, 0.3) is 0 Å². The number of alkyl halides is 1. The van der Waals surface area contributed by atoms with Gasteiger partial charge in [0, 0.05) is 54.9 Å². The third kappa shape index (κ3) is 6.00. The van der Waals surface area contributed by atoms with Gasteiger partial charge in [-0.2, -0.15) is 4.98 Å². The molecule has 0 saturated carbocycles. The number of hydrogen-bond donors (Lipinski definition) is 2. The van der Waals surface area contributed by atoms with Gasteiger partial charge in [0.05, 0.1) is 12.3 Å². The number of aromatic nitrogens is 3. The third-order valence-electron chi connectivity index (χ3n) is 8.40. The predicted molar refractivity (Wildman–Crippen MR) is 160 cm³/mol. The average molecular weight is 570 g/mol. The van der Waals surface area contributed by atoms with E-state index in [4.69, 9.17) is 4.98 Å². The van der Waals surface area contributed by atoms with E-state index in [0.717, 1.165) is 23.0 Å². The number of nitrogens with one attached hydrogen (secondary N) is 2. The summed E-state index contributed by atoms with van der Waals surface area (Å²) in [5.74, 6) is 2.69. The van der Waals surface area contributed by atoms with Crippen molar-refractivity contribution in [3.63, 3.8) is 0 Å². The number of fused-ring (bicyclic) bond motifs is 1. The highest BCUT2D eigenvalue weighted by Gasteiger charge is 2.36. The molecule has 0 unspecified atom stereocenters. The van der Waals surface area contributed by atoms with Gasteiger partial charge in [-0.15, -0.1) is 0 Å². The van der Waals surface area contributed by atoms with E-state index < -0.39 is 16.0 Å². The molecule has 5 rings (SSSR count). The number of halogens is 1. The molecule has 4 heterocycles. The van der Waals surface area contributed by atoms with Crippen LogP contribution < -0.4 is 20.4 Å². The lowest BCUT2D eigenvalue weighted by molar-refractivity contribution is 0.226. The van der Waals surface area contributed by atoms with Gasteiger partial charge in [-0.05, 0) is 67.8 Å². The van der Waals surface area contributed by atoms with Crippen molar-refractivity contribution in [2.45, 2.75) is 57.8 Å². The summed E-state index contributed by atoms with van der Waals surface area (Å²) in [6, 6.07) is 8.33. The van der Waals surface area contributed by atoms with Crippen LogP contribution in [0.2, 0.25) is 0 Å². The van der Waals surface area contributed by atoms with Gasteiger partial charge < -0.3 is 20.4 Å². The van der Waals surface area contributed by atoms with Crippen molar-refractivity contribution in [3.05, 3.63) is 42.2 Å². The van der Waals surface area contributed by atoms with Crippen LogP contribution >= 0.6 is 0 Å². The van der Waals surface area contributed by atoms with E-state index in [1.165, 1.54) is 11.8 Å². The molecule has 0 spiro atoms. The molecule has 4 atom stereocenters. The Morgan fingerprint density at radius 2 is 1.93 bits per heavy atom. The topological polar surface area (TPSA) is 103 Å². The molecule has 2 saturated heterocycles. The van der Waals surface area contributed by atoms with Crippen LogP contribution in [-0.4, -0.2) is 80.3 Å². The molecule has 0 amide bonds. The highest BCUT2D eigenvalue weighted by atomic mass is 32.2. The molecule has 0 aliphatic carbocycles. The van der Waals surface area contributed by atoms with Crippen LogP contribution in [0.4, 0.5) is 27.7 Å². The number of rotatable bonds is 9. The highest BCUT2D eigenvalue weighted by molar-refractivity contribution is 7.90. The van der Waals surface area contributed by atoms with Gasteiger partial charge in [-0.25, -0.2) is 22.8 Å². The summed E-state index contributed by atoms with van der Waals surface area (Å²) in [5, 5.41) is 8.58. The molecule has 2 aromatic heterocycles. The largest absolute Gasteiger partial charge is 0.368 e. The minimum atomic E-state index is -2.96. The molecular weight excluding hydrogens is 529 g/mol. The summed E-state index contributed by atoms with van der Waals surface area (Å²) < 4.78 is 37.8. The van der Waals surface area contributed by atoms with Crippen molar-refractivity contribution in [1.29, 1.82) is 0 Å². The van der Waals surface area contributed by atoms with E-state index in [1.54, 1.807) is 19.3 Å².